The molecular weight excluding hydrogens is 190 g/mol. The van der Waals surface area contributed by atoms with Gasteiger partial charge in [-0.05, 0) is 12.5 Å². The molecule has 0 aliphatic carbocycles. The van der Waals surface area contributed by atoms with Crippen molar-refractivity contribution in [3.63, 3.8) is 0 Å². The van der Waals surface area contributed by atoms with Gasteiger partial charge in [-0.2, -0.15) is 0 Å². The minimum atomic E-state index is 0.761. The molecule has 4 heteroatoms. The summed E-state index contributed by atoms with van der Waals surface area (Å²) in [6, 6.07) is 4.00. The number of benzene rings is 1. The summed E-state index contributed by atoms with van der Waals surface area (Å²) in [7, 11) is 0. The fraction of sp³-hybridized carbons (Fsp3) is 0.273. The number of anilines is 1. The third-order valence-electron chi connectivity index (χ3n) is 2.50. The van der Waals surface area contributed by atoms with Crippen LogP contribution < -0.4 is 10.1 Å². The van der Waals surface area contributed by atoms with Crippen LogP contribution in [0.1, 0.15) is 6.42 Å². The van der Waals surface area contributed by atoms with Gasteiger partial charge in [-0.1, -0.05) is 0 Å². The first-order valence-electron chi connectivity index (χ1n) is 5.04. The first kappa shape index (κ1) is 8.47. The van der Waals surface area contributed by atoms with Crippen LogP contribution in [0.15, 0.2) is 24.7 Å². The minimum Gasteiger partial charge on any atom is -0.491 e. The Morgan fingerprint density at radius 2 is 2.33 bits per heavy atom. The van der Waals surface area contributed by atoms with Crippen molar-refractivity contribution in [2.24, 2.45) is 0 Å². The zero-order valence-corrected chi connectivity index (χ0v) is 8.23. The Labute approximate surface area is 87.3 Å². The predicted octanol–water partition coefficient (Wildman–Crippen LogP) is 1.82. The Balaban J connectivity index is 2.20. The molecule has 1 aromatic heterocycles. The molecule has 0 fully saturated rings. The Hall–Kier alpha value is -1.84. The van der Waals surface area contributed by atoms with Crippen LogP contribution in [0.25, 0.3) is 10.9 Å². The molecule has 1 aliphatic heterocycles. The summed E-state index contributed by atoms with van der Waals surface area (Å²) in [6.07, 6.45) is 4.39. The first-order valence-corrected chi connectivity index (χ1v) is 5.04. The highest BCUT2D eigenvalue weighted by molar-refractivity contribution is 5.85. The number of aromatic nitrogens is 2. The number of hydrogen-bond donors (Lipinski definition) is 1. The Bertz CT molecular complexity index is 454. The van der Waals surface area contributed by atoms with Crippen molar-refractivity contribution in [1.82, 2.24) is 9.97 Å². The normalized spacial score (nSPS) is 14.9. The molecule has 4 nitrogen and oxygen atoms in total. The number of rotatable bonds is 0. The van der Waals surface area contributed by atoms with E-state index in [1.807, 2.05) is 18.3 Å². The summed E-state index contributed by atoms with van der Waals surface area (Å²) in [4.78, 5) is 8.21. The second-order valence-electron chi connectivity index (χ2n) is 3.56. The summed E-state index contributed by atoms with van der Waals surface area (Å²) in [6.45, 7) is 1.71. The van der Waals surface area contributed by atoms with Crippen LogP contribution in [-0.2, 0) is 0 Å². The van der Waals surface area contributed by atoms with E-state index in [4.69, 9.17) is 4.74 Å². The molecule has 0 amide bonds. The van der Waals surface area contributed by atoms with Crippen LogP contribution in [0.3, 0.4) is 0 Å². The van der Waals surface area contributed by atoms with Gasteiger partial charge in [0, 0.05) is 24.2 Å². The third-order valence-corrected chi connectivity index (χ3v) is 2.50. The molecule has 76 valence electrons. The topological polar surface area (TPSA) is 47.0 Å². The lowest BCUT2D eigenvalue weighted by Crippen LogP contribution is -2.00. The second kappa shape index (κ2) is 3.38. The monoisotopic (exact) mass is 201 g/mol. The zero-order chi connectivity index (χ0) is 10.1. The molecule has 2 aromatic rings. The fourth-order valence-corrected chi connectivity index (χ4v) is 1.75. The van der Waals surface area contributed by atoms with Gasteiger partial charge in [-0.3, -0.25) is 0 Å². The van der Waals surface area contributed by atoms with Crippen molar-refractivity contribution in [1.29, 1.82) is 0 Å². The Morgan fingerprint density at radius 1 is 1.33 bits per heavy atom. The standard InChI is InChI=1S/C11H11N3O/c1-2-13-10-4-8-6-12-7-14-9(8)5-11(10)15-3-1/h4-7,13H,1-3H2. The molecule has 0 atom stereocenters. The highest BCUT2D eigenvalue weighted by Crippen LogP contribution is 2.30. The van der Waals surface area contributed by atoms with Crippen LogP contribution in [-0.4, -0.2) is 23.1 Å². The highest BCUT2D eigenvalue weighted by Gasteiger charge is 2.09. The maximum absolute atomic E-state index is 5.63. The van der Waals surface area contributed by atoms with E-state index in [0.717, 1.165) is 41.9 Å². The molecule has 3 rings (SSSR count). The molecule has 15 heavy (non-hydrogen) atoms. The number of nitrogens with one attached hydrogen (secondary N) is 1. The van der Waals surface area contributed by atoms with E-state index in [2.05, 4.69) is 15.3 Å². The van der Waals surface area contributed by atoms with Crippen LogP contribution in [0, 0.1) is 0 Å². The van der Waals surface area contributed by atoms with E-state index >= 15 is 0 Å². The molecule has 1 aliphatic rings. The van der Waals surface area contributed by atoms with Gasteiger partial charge in [-0.15, -0.1) is 0 Å². The lowest BCUT2D eigenvalue weighted by atomic mass is 10.2. The van der Waals surface area contributed by atoms with E-state index < -0.39 is 0 Å². The largest absolute Gasteiger partial charge is 0.491 e. The predicted molar refractivity (Wildman–Crippen MR) is 58.1 cm³/mol. The van der Waals surface area contributed by atoms with E-state index in [-0.39, 0.29) is 0 Å². The molecule has 0 unspecified atom stereocenters. The molecule has 1 aromatic carbocycles. The quantitative estimate of drug-likeness (QED) is 0.706. The molecule has 0 saturated carbocycles. The molecule has 0 saturated heterocycles. The summed E-state index contributed by atoms with van der Waals surface area (Å²) < 4.78 is 5.63. The van der Waals surface area contributed by atoms with Gasteiger partial charge in [0.15, 0.2) is 0 Å². The number of ether oxygens (including phenoxy) is 1. The Kier molecular flexibility index (Phi) is 1.91. The average molecular weight is 201 g/mol. The van der Waals surface area contributed by atoms with Crippen molar-refractivity contribution in [3.05, 3.63) is 24.7 Å². The average Bonchev–Trinajstić information content (AvgIpc) is 2.50. The fourth-order valence-electron chi connectivity index (χ4n) is 1.75. The van der Waals surface area contributed by atoms with Gasteiger partial charge in [0.2, 0.25) is 0 Å². The number of fused-ring (bicyclic) bond motifs is 2. The summed E-state index contributed by atoms with van der Waals surface area (Å²) in [5.41, 5.74) is 1.96. The number of hydrogen-bond acceptors (Lipinski definition) is 4. The number of nitrogens with zero attached hydrogens (tertiary/aromatic N) is 2. The summed E-state index contributed by atoms with van der Waals surface area (Å²) in [5, 5.41) is 4.37. The smallest absolute Gasteiger partial charge is 0.144 e. The van der Waals surface area contributed by atoms with Crippen LogP contribution in [0.2, 0.25) is 0 Å². The third kappa shape index (κ3) is 1.48. The molecular formula is C11H11N3O. The van der Waals surface area contributed by atoms with Gasteiger partial charge in [-0.25, -0.2) is 9.97 Å². The molecule has 0 radical (unpaired) electrons. The maximum Gasteiger partial charge on any atom is 0.144 e. The molecule has 0 bridgehead atoms. The van der Waals surface area contributed by atoms with E-state index in [9.17, 15) is 0 Å². The van der Waals surface area contributed by atoms with Gasteiger partial charge in [0.1, 0.15) is 12.1 Å². The van der Waals surface area contributed by atoms with E-state index in [1.54, 1.807) is 6.33 Å². The van der Waals surface area contributed by atoms with E-state index in [0.29, 0.717) is 0 Å². The molecule has 0 spiro atoms. The zero-order valence-electron chi connectivity index (χ0n) is 8.23. The van der Waals surface area contributed by atoms with Gasteiger partial charge in [0.05, 0.1) is 17.8 Å². The van der Waals surface area contributed by atoms with Crippen molar-refractivity contribution in [3.8, 4) is 5.75 Å². The summed E-state index contributed by atoms with van der Waals surface area (Å²) in [5.74, 6) is 0.888. The maximum atomic E-state index is 5.63. The second-order valence-corrected chi connectivity index (χ2v) is 3.56. The van der Waals surface area contributed by atoms with Crippen molar-refractivity contribution in [2.45, 2.75) is 6.42 Å². The molecule has 2 heterocycles. The van der Waals surface area contributed by atoms with Gasteiger partial charge >= 0.3 is 0 Å². The lowest BCUT2D eigenvalue weighted by molar-refractivity contribution is 0.323. The van der Waals surface area contributed by atoms with Gasteiger partial charge in [0.25, 0.3) is 0 Å². The minimum absolute atomic E-state index is 0.761. The van der Waals surface area contributed by atoms with Crippen molar-refractivity contribution in [2.75, 3.05) is 18.5 Å². The van der Waals surface area contributed by atoms with Crippen LogP contribution in [0.4, 0.5) is 5.69 Å². The SMILES string of the molecule is c1ncc2cc3c(cc2n1)OCCCN3. The Morgan fingerprint density at radius 3 is 3.33 bits per heavy atom. The first-order chi connectivity index (χ1) is 7.43. The highest BCUT2D eigenvalue weighted by atomic mass is 16.5. The van der Waals surface area contributed by atoms with Gasteiger partial charge < -0.3 is 10.1 Å². The summed E-state index contributed by atoms with van der Waals surface area (Å²) >= 11 is 0. The van der Waals surface area contributed by atoms with E-state index in [1.165, 1.54) is 0 Å². The lowest BCUT2D eigenvalue weighted by Gasteiger charge is -2.08. The van der Waals surface area contributed by atoms with Crippen LogP contribution >= 0.6 is 0 Å². The van der Waals surface area contributed by atoms with Crippen molar-refractivity contribution >= 4 is 16.6 Å². The van der Waals surface area contributed by atoms with Crippen molar-refractivity contribution < 1.29 is 4.74 Å². The van der Waals surface area contributed by atoms with Crippen LogP contribution in [0.5, 0.6) is 5.75 Å². The molecule has 1 N–H and O–H groups in total.